The van der Waals surface area contributed by atoms with E-state index in [9.17, 15) is 14.0 Å². The topological polar surface area (TPSA) is 71.4 Å². The Morgan fingerprint density at radius 3 is 2.63 bits per heavy atom. The molecule has 1 unspecified atom stereocenters. The van der Waals surface area contributed by atoms with Crippen molar-refractivity contribution in [1.82, 2.24) is 9.80 Å². The van der Waals surface area contributed by atoms with E-state index >= 15 is 0 Å². The second kappa shape index (κ2) is 8.37. The Balaban J connectivity index is 1.48. The molecule has 1 saturated heterocycles. The molecule has 1 aromatic rings. The van der Waals surface area contributed by atoms with E-state index in [0.717, 1.165) is 0 Å². The minimum absolute atomic E-state index is 0.166. The highest BCUT2D eigenvalue weighted by Gasteiger charge is 2.34. The van der Waals surface area contributed by atoms with Crippen LogP contribution < -0.4 is 0 Å². The second-order valence-corrected chi connectivity index (χ2v) is 7.13. The summed E-state index contributed by atoms with van der Waals surface area (Å²) in [6.45, 7) is 6.03. The molecule has 1 aromatic carbocycles. The Morgan fingerprint density at radius 1 is 1.26 bits per heavy atom. The summed E-state index contributed by atoms with van der Waals surface area (Å²) in [6, 6.07) is 6.06. The first-order chi connectivity index (χ1) is 12.9. The zero-order chi connectivity index (χ0) is 19.4. The molecule has 1 fully saturated rings. The predicted molar refractivity (Wildman–Crippen MR) is 96.8 cm³/mol. The zero-order valence-corrected chi connectivity index (χ0v) is 15.6. The maximum Gasteiger partial charge on any atom is 0.409 e. The fraction of sp³-hybridized carbons (Fsp3) is 0.526. The lowest BCUT2D eigenvalue weighted by atomic mass is 10.0. The molecule has 7 nitrogen and oxygen atoms in total. The molecular formula is C19H24FN3O4. The standard InChI is InChI=1S/C19H24FN3O4/c1-13(2)12-26-19(25)23-8-6-22(7-9-23)18(24)17-11-16(21-27-17)14-4-3-5-15(20)10-14/h3-5,10,13,17H,6-9,11-12H2,1-2H3. The molecule has 0 saturated carbocycles. The maximum atomic E-state index is 13.4. The predicted octanol–water partition coefficient (Wildman–Crippen LogP) is 2.26. The minimum atomic E-state index is -0.706. The highest BCUT2D eigenvalue weighted by atomic mass is 19.1. The minimum Gasteiger partial charge on any atom is -0.449 e. The van der Waals surface area contributed by atoms with Crippen molar-refractivity contribution in [3.05, 3.63) is 35.6 Å². The summed E-state index contributed by atoms with van der Waals surface area (Å²) < 4.78 is 18.6. The number of carbonyl (C=O) groups excluding carboxylic acids is 2. The summed E-state index contributed by atoms with van der Waals surface area (Å²) in [5.74, 6) is -0.241. The number of halogens is 1. The average Bonchev–Trinajstić information content (AvgIpc) is 3.16. The van der Waals surface area contributed by atoms with Crippen molar-refractivity contribution in [2.45, 2.75) is 26.4 Å². The molecule has 2 aliphatic rings. The molecule has 8 heteroatoms. The number of hydrogen-bond donors (Lipinski definition) is 0. The van der Waals surface area contributed by atoms with Crippen LogP contribution in [0.2, 0.25) is 0 Å². The summed E-state index contributed by atoms with van der Waals surface area (Å²) in [6.07, 6.45) is -0.744. The first-order valence-electron chi connectivity index (χ1n) is 9.13. The Labute approximate surface area is 157 Å². The number of oxime groups is 1. The van der Waals surface area contributed by atoms with Crippen LogP contribution in [0.1, 0.15) is 25.8 Å². The third-order valence-electron chi connectivity index (χ3n) is 4.49. The zero-order valence-electron chi connectivity index (χ0n) is 15.6. The molecule has 0 spiro atoms. The van der Waals surface area contributed by atoms with Gasteiger partial charge in [-0.05, 0) is 18.1 Å². The summed E-state index contributed by atoms with van der Waals surface area (Å²) in [5.41, 5.74) is 1.17. The molecule has 0 aliphatic carbocycles. The van der Waals surface area contributed by atoms with Crippen molar-refractivity contribution >= 4 is 17.7 Å². The Kier molecular flexibility index (Phi) is 5.93. The Morgan fingerprint density at radius 2 is 1.96 bits per heavy atom. The van der Waals surface area contributed by atoms with Gasteiger partial charge in [0, 0.05) is 38.2 Å². The van der Waals surface area contributed by atoms with Crippen LogP contribution in [0.15, 0.2) is 29.4 Å². The fourth-order valence-electron chi connectivity index (χ4n) is 2.99. The van der Waals surface area contributed by atoms with Gasteiger partial charge in [0.25, 0.3) is 5.91 Å². The molecule has 146 valence electrons. The molecule has 27 heavy (non-hydrogen) atoms. The van der Waals surface area contributed by atoms with Crippen molar-refractivity contribution in [3.8, 4) is 0 Å². The fourth-order valence-corrected chi connectivity index (χ4v) is 2.99. The molecule has 0 N–H and O–H groups in total. The first kappa shape index (κ1) is 19.1. The van der Waals surface area contributed by atoms with Gasteiger partial charge in [-0.15, -0.1) is 0 Å². The van der Waals surface area contributed by atoms with E-state index < -0.39 is 6.10 Å². The lowest BCUT2D eigenvalue weighted by molar-refractivity contribution is -0.143. The van der Waals surface area contributed by atoms with Gasteiger partial charge >= 0.3 is 6.09 Å². The summed E-state index contributed by atoms with van der Waals surface area (Å²) in [4.78, 5) is 33.2. The van der Waals surface area contributed by atoms with Gasteiger partial charge in [-0.2, -0.15) is 0 Å². The smallest absolute Gasteiger partial charge is 0.409 e. The van der Waals surface area contributed by atoms with Crippen LogP contribution in [0.4, 0.5) is 9.18 Å². The molecule has 0 bridgehead atoms. The molecule has 0 aromatic heterocycles. The summed E-state index contributed by atoms with van der Waals surface area (Å²) >= 11 is 0. The quantitative estimate of drug-likeness (QED) is 0.807. The molecule has 2 aliphatic heterocycles. The molecule has 0 radical (unpaired) electrons. The van der Waals surface area contributed by atoms with E-state index in [1.54, 1.807) is 21.9 Å². The van der Waals surface area contributed by atoms with Crippen LogP contribution in [-0.2, 0) is 14.4 Å². The molecule has 3 rings (SSSR count). The average molecular weight is 377 g/mol. The Hall–Kier alpha value is -2.64. The number of rotatable bonds is 4. The number of nitrogens with zero attached hydrogens (tertiary/aromatic N) is 3. The highest BCUT2D eigenvalue weighted by Crippen LogP contribution is 2.20. The number of ether oxygens (including phenoxy) is 1. The van der Waals surface area contributed by atoms with Crippen molar-refractivity contribution in [3.63, 3.8) is 0 Å². The largest absolute Gasteiger partial charge is 0.449 e. The van der Waals surface area contributed by atoms with Gasteiger partial charge in [0.1, 0.15) is 5.82 Å². The summed E-state index contributed by atoms with van der Waals surface area (Å²) in [7, 11) is 0. The van der Waals surface area contributed by atoms with Crippen LogP contribution in [0.5, 0.6) is 0 Å². The normalized spacial score (nSPS) is 19.7. The third-order valence-corrected chi connectivity index (χ3v) is 4.49. The highest BCUT2D eigenvalue weighted by molar-refractivity contribution is 6.04. The lowest BCUT2D eigenvalue weighted by Gasteiger charge is -2.34. The molecule has 2 amide bonds. The monoisotopic (exact) mass is 377 g/mol. The SMILES string of the molecule is CC(C)COC(=O)N1CCN(C(=O)C2CC(c3cccc(F)c3)=NO2)CC1. The lowest BCUT2D eigenvalue weighted by Crippen LogP contribution is -2.53. The van der Waals surface area contributed by atoms with Crippen LogP contribution in [0.3, 0.4) is 0 Å². The van der Waals surface area contributed by atoms with E-state index in [2.05, 4.69) is 5.16 Å². The van der Waals surface area contributed by atoms with E-state index in [0.29, 0.717) is 50.5 Å². The van der Waals surface area contributed by atoms with Crippen molar-refractivity contribution in [2.75, 3.05) is 32.8 Å². The number of carbonyl (C=O) groups is 2. The first-order valence-corrected chi connectivity index (χ1v) is 9.13. The maximum absolute atomic E-state index is 13.4. The third kappa shape index (κ3) is 4.75. The van der Waals surface area contributed by atoms with Gasteiger partial charge in [-0.25, -0.2) is 9.18 Å². The number of amides is 2. The van der Waals surface area contributed by atoms with E-state index in [4.69, 9.17) is 9.57 Å². The molecule has 2 heterocycles. The van der Waals surface area contributed by atoms with Gasteiger partial charge in [0.2, 0.25) is 6.10 Å². The van der Waals surface area contributed by atoms with Gasteiger partial charge in [0.05, 0.1) is 12.3 Å². The van der Waals surface area contributed by atoms with Crippen LogP contribution in [0, 0.1) is 11.7 Å². The van der Waals surface area contributed by atoms with Crippen LogP contribution in [-0.4, -0.2) is 66.4 Å². The van der Waals surface area contributed by atoms with Crippen LogP contribution in [0.25, 0.3) is 0 Å². The van der Waals surface area contributed by atoms with Gasteiger partial charge < -0.3 is 19.4 Å². The van der Waals surface area contributed by atoms with Crippen molar-refractivity contribution in [2.24, 2.45) is 11.1 Å². The van der Waals surface area contributed by atoms with Gasteiger partial charge in [0.15, 0.2) is 0 Å². The molecule has 1 atom stereocenters. The van der Waals surface area contributed by atoms with Crippen molar-refractivity contribution < 1.29 is 23.6 Å². The molecular weight excluding hydrogens is 353 g/mol. The summed E-state index contributed by atoms with van der Waals surface area (Å²) in [5, 5.41) is 3.95. The number of benzene rings is 1. The van der Waals surface area contributed by atoms with Crippen molar-refractivity contribution in [1.29, 1.82) is 0 Å². The number of hydrogen-bond acceptors (Lipinski definition) is 5. The Bertz CT molecular complexity index is 729. The van der Waals surface area contributed by atoms with Crippen LogP contribution >= 0.6 is 0 Å². The van der Waals surface area contributed by atoms with Gasteiger partial charge in [-0.1, -0.05) is 31.1 Å². The second-order valence-electron chi connectivity index (χ2n) is 7.13. The van der Waals surface area contributed by atoms with E-state index in [1.165, 1.54) is 12.1 Å². The number of piperazine rings is 1. The van der Waals surface area contributed by atoms with E-state index in [1.807, 2.05) is 13.8 Å². The van der Waals surface area contributed by atoms with E-state index in [-0.39, 0.29) is 23.7 Å². The van der Waals surface area contributed by atoms with Gasteiger partial charge in [-0.3, -0.25) is 4.79 Å².